The number of nitrogens with zero attached hydrogens (tertiary/aromatic N) is 4. The number of rotatable bonds is 8. The second-order valence-corrected chi connectivity index (χ2v) is 9.95. The predicted molar refractivity (Wildman–Crippen MR) is 129 cm³/mol. The molecule has 0 aromatic rings. The first-order valence-electron chi connectivity index (χ1n) is 12.6. The van der Waals surface area contributed by atoms with Crippen molar-refractivity contribution >= 4 is 23.9 Å². The van der Waals surface area contributed by atoms with Crippen LogP contribution in [0.4, 0.5) is 0 Å². The molecule has 2 fully saturated rings. The second kappa shape index (κ2) is 13.1. The molecular weight excluding hydrogens is 472 g/mol. The van der Waals surface area contributed by atoms with Crippen LogP contribution in [-0.2, 0) is 19.2 Å². The first kappa shape index (κ1) is 28.0. The lowest BCUT2D eigenvalue weighted by Crippen LogP contribution is -2.61. The molecule has 0 radical (unpaired) electrons. The Bertz CT molecular complexity index is 771. The van der Waals surface area contributed by atoms with Crippen molar-refractivity contribution in [1.29, 1.82) is 0 Å². The molecule has 4 N–H and O–H groups in total. The number of carbonyl (C=O) groups is 4. The van der Waals surface area contributed by atoms with E-state index < -0.39 is 23.9 Å². The molecule has 0 amide bonds. The molecule has 36 heavy (non-hydrogen) atoms. The van der Waals surface area contributed by atoms with Gasteiger partial charge in [0.15, 0.2) is 0 Å². The van der Waals surface area contributed by atoms with Gasteiger partial charge >= 0.3 is 23.9 Å². The van der Waals surface area contributed by atoms with Gasteiger partial charge in [-0.25, -0.2) is 0 Å². The van der Waals surface area contributed by atoms with Crippen LogP contribution in [0.15, 0.2) is 12.2 Å². The van der Waals surface area contributed by atoms with Crippen molar-refractivity contribution in [2.45, 2.75) is 62.7 Å². The average molecular weight is 511 g/mol. The fourth-order valence-corrected chi connectivity index (χ4v) is 6.17. The number of carboxylic acids is 4. The molecule has 4 atom stereocenters. The Balaban J connectivity index is 2.02. The maximum Gasteiger partial charge on any atom is 0.317 e. The largest absolute Gasteiger partial charge is 0.480 e. The van der Waals surface area contributed by atoms with Gasteiger partial charge in [-0.3, -0.25) is 38.8 Å². The quantitative estimate of drug-likeness (QED) is 0.323. The molecular formula is C24H38N4O8. The Morgan fingerprint density at radius 3 is 1.08 bits per heavy atom. The van der Waals surface area contributed by atoms with Crippen LogP contribution in [0.2, 0.25) is 0 Å². The van der Waals surface area contributed by atoms with E-state index in [0.29, 0.717) is 39.0 Å². The van der Waals surface area contributed by atoms with E-state index in [0.717, 1.165) is 25.7 Å². The molecule has 0 aromatic carbocycles. The van der Waals surface area contributed by atoms with E-state index in [4.69, 9.17) is 0 Å². The highest BCUT2D eigenvalue weighted by Gasteiger charge is 2.39. The monoisotopic (exact) mass is 510 g/mol. The van der Waals surface area contributed by atoms with Crippen molar-refractivity contribution in [3.63, 3.8) is 0 Å². The summed E-state index contributed by atoms with van der Waals surface area (Å²) in [5.41, 5.74) is 0. The molecule has 3 aliphatic rings. The van der Waals surface area contributed by atoms with Crippen LogP contribution in [-0.4, -0.2) is 140 Å². The average Bonchev–Trinajstić information content (AvgIpc) is 2.81. The number of fused-ring (bicyclic) bond motifs is 2. The molecule has 3 rings (SSSR count). The Kier molecular flexibility index (Phi) is 10.2. The minimum Gasteiger partial charge on any atom is -0.480 e. The maximum absolute atomic E-state index is 11.8. The minimum atomic E-state index is -0.992. The smallest absolute Gasteiger partial charge is 0.317 e. The first-order valence-corrected chi connectivity index (χ1v) is 12.6. The maximum atomic E-state index is 11.8. The lowest BCUT2D eigenvalue weighted by Gasteiger charge is -2.48. The van der Waals surface area contributed by atoms with Gasteiger partial charge in [0.25, 0.3) is 0 Å². The number of hydrogen-bond donors (Lipinski definition) is 4. The zero-order valence-corrected chi connectivity index (χ0v) is 20.6. The SMILES string of the molecule is O=C(O)CN1CCN(CC(=O)O)C2CCCCC2N(CC(=O)O)CCN(CC(=O)O)C2CC=CCC21. The molecule has 202 valence electrons. The van der Waals surface area contributed by atoms with Crippen molar-refractivity contribution in [1.82, 2.24) is 19.6 Å². The Morgan fingerprint density at radius 1 is 0.528 bits per heavy atom. The van der Waals surface area contributed by atoms with Crippen molar-refractivity contribution < 1.29 is 39.6 Å². The second-order valence-electron chi connectivity index (χ2n) is 9.95. The van der Waals surface area contributed by atoms with Gasteiger partial charge in [-0.05, 0) is 25.7 Å². The van der Waals surface area contributed by atoms with Gasteiger partial charge in [-0.15, -0.1) is 0 Å². The van der Waals surface area contributed by atoms with E-state index in [1.54, 1.807) is 0 Å². The molecule has 1 heterocycles. The Labute approximate surface area is 210 Å². The third-order valence-electron chi connectivity index (χ3n) is 7.64. The van der Waals surface area contributed by atoms with E-state index in [-0.39, 0.29) is 50.3 Å². The zero-order valence-electron chi connectivity index (χ0n) is 20.6. The van der Waals surface area contributed by atoms with E-state index >= 15 is 0 Å². The summed E-state index contributed by atoms with van der Waals surface area (Å²) >= 11 is 0. The zero-order chi connectivity index (χ0) is 26.2. The molecule has 2 aliphatic carbocycles. The van der Waals surface area contributed by atoms with Gasteiger partial charge in [0.05, 0.1) is 26.2 Å². The van der Waals surface area contributed by atoms with Gasteiger partial charge in [0.2, 0.25) is 0 Å². The van der Waals surface area contributed by atoms with E-state index in [2.05, 4.69) is 0 Å². The molecule has 1 saturated carbocycles. The van der Waals surface area contributed by atoms with Crippen LogP contribution in [0.1, 0.15) is 38.5 Å². The third-order valence-corrected chi connectivity index (χ3v) is 7.64. The molecule has 12 nitrogen and oxygen atoms in total. The molecule has 0 spiro atoms. The third kappa shape index (κ3) is 7.73. The Morgan fingerprint density at radius 2 is 0.806 bits per heavy atom. The van der Waals surface area contributed by atoms with Crippen LogP contribution in [0.5, 0.6) is 0 Å². The predicted octanol–water partition coefficient (Wildman–Crippen LogP) is -0.0552. The summed E-state index contributed by atoms with van der Waals surface area (Å²) in [7, 11) is 0. The fraction of sp³-hybridized carbons (Fsp3) is 0.750. The highest BCUT2D eigenvalue weighted by molar-refractivity contribution is 5.70. The van der Waals surface area contributed by atoms with Crippen molar-refractivity contribution in [2.75, 3.05) is 52.4 Å². The highest BCUT2D eigenvalue weighted by Crippen LogP contribution is 2.29. The van der Waals surface area contributed by atoms with Gasteiger partial charge in [0, 0.05) is 50.3 Å². The topological polar surface area (TPSA) is 162 Å². The summed E-state index contributed by atoms with van der Waals surface area (Å²) in [6.07, 6.45) is 8.31. The summed E-state index contributed by atoms with van der Waals surface area (Å²) in [5.74, 6) is -3.94. The van der Waals surface area contributed by atoms with Crippen LogP contribution >= 0.6 is 0 Å². The molecule has 0 aromatic heterocycles. The van der Waals surface area contributed by atoms with Gasteiger partial charge in [-0.1, -0.05) is 25.0 Å². The van der Waals surface area contributed by atoms with Crippen LogP contribution in [0, 0.1) is 0 Å². The molecule has 12 heteroatoms. The van der Waals surface area contributed by atoms with Crippen molar-refractivity contribution in [3.8, 4) is 0 Å². The Hall–Kier alpha value is -2.54. The van der Waals surface area contributed by atoms with Gasteiger partial charge in [0.1, 0.15) is 0 Å². The molecule has 1 saturated heterocycles. The number of hydrogen-bond acceptors (Lipinski definition) is 8. The van der Waals surface area contributed by atoms with E-state index in [1.165, 1.54) is 0 Å². The van der Waals surface area contributed by atoms with Crippen molar-refractivity contribution in [3.05, 3.63) is 12.2 Å². The standard InChI is InChI=1S/C24H38N4O8/c29-21(30)13-25-9-10-27(15-23(33)34)19-7-3-4-8-20(19)28(16-24(35)36)12-11-26(14-22(31)32)18-6-2-1-5-17(18)25/h1-2,17-20H,3-16H2,(H,29,30)(H,31,32)(H,33,34)(H,35,36). The van der Waals surface area contributed by atoms with E-state index in [9.17, 15) is 39.6 Å². The van der Waals surface area contributed by atoms with E-state index in [1.807, 2.05) is 31.8 Å². The first-order chi connectivity index (χ1) is 17.2. The lowest BCUT2D eigenvalue weighted by molar-refractivity contribution is -0.144. The van der Waals surface area contributed by atoms with Crippen LogP contribution < -0.4 is 0 Å². The summed E-state index contributed by atoms with van der Waals surface area (Å²) < 4.78 is 0. The number of aliphatic carboxylic acids is 4. The van der Waals surface area contributed by atoms with Crippen LogP contribution in [0.3, 0.4) is 0 Å². The summed E-state index contributed by atoms with van der Waals surface area (Å²) in [6, 6.07) is -0.885. The lowest BCUT2D eigenvalue weighted by atomic mass is 9.87. The molecule has 4 unspecified atom stereocenters. The molecule has 1 aliphatic heterocycles. The van der Waals surface area contributed by atoms with Crippen LogP contribution in [0.25, 0.3) is 0 Å². The van der Waals surface area contributed by atoms with Crippen molar-refractivity contribution in [2.24, 2.45) is 0 Å². The summed E-state index contributed by atoms with van der Waals surface area (Å²) in [6.45, 7) is 0.423. The fourth-order valence-electron chi connectivity index (χ4n) is 6.17. The molecule has 0 bridgehead atoms. The number of carboxylic acid groups (broad SMARTS) is 4. The summed E-state index contributed by atoms with van der Waals surface area (Å²) in [5, 5.41) is 38.6. The minimum absolute atomic E-state index is 0.185. The highest BCUT2D eigenvalue weighted by atomic mass is 16.4. The van der Waals surface area contributed by atoms with Gasteiger partial charge < -0.3 is 20.4 Å². The van der Waals surface area contributed by atoms with Gasteiger partial charge in [-0.2, -0.15) is 0 Å². The normalized spacial score (nSPS) is 29.3. The summed E-state index contributed by atoms with van der Waals surface area (Å²) in [4.78, 5) is 54.5.